The average Bonchev–Trinajstić information content (AvgIpc) is 2.22. The summed E-state index contributed by atoms with van der Waals surface area (Å²) in [5.41, 5.74) is 0. The SMILES string of the molecule is CC1CCCC(NS(=O)(=O)CCCO)C1C. The van der Waals surface area contributed by atoms with Crippen molar-refractivity contribution in [2.75, 3.05) is 12.4 Å². The molecule has 2 N–H and O–H groups in total. The van der Waals surface area contributed by atoms with E-state index >= 15 is 0 Å². The molecule has 0 heterocycles. The van der Waals surface area contributed by atoms with Crippen LogP contribution >= 0.6 is 0 Å². The summed E-state index contributed by atoms with van der Waals surface area (Å²) >= 11 is 0. The second-order valence-corrected chi connectivity index (χ2v) is 6.76. The molecule has 96 valence electrons. The van der Waals surface area contributed by atoms with Gasteiger partial charge in [-0.05, 0) is 24.7 Å². The van der Waals surface area contributed by atoms with Crippen LogP contribution in [0.2, 0.25) is 0 Å². The van der Waals surface area contributed by atoms with E-state index in [9.17, 15) is 8.42 Å². The van der Waals surface area contributed by atoms with Gasteiger partial charge in [0.05, 0.1) is 5.75 Å². The Morgan fingerprint density at radius 2 is 2.00 bits per heavy atom. The molecule has 16 heavy (non-hydrogen) atoms. The number of sulfonamides is 1. The molecular formula is C11H23NO3S. The average molecular weight is 249 g/mol. The Balaban J connectivity index is 2.52. The van der Waals surface area contributed by atoms with E-state index < -0.39 is 10.0 Å². The molecule has 0 amide bonds. The highest BCUT2D eigenvalue weighted by Gasteiger charge is 2.29. The Labute approximate surface area is 98.5 Å². The summed E-state index contributed by atoms with van der Waals surface area (Å²) in [5.74, 6) is 1.01. The molecule has 0 saturated heterocycles. The maximum absolute atomic E-state index is 11.7. The van der Waals surface area contributed by atoms with Crippen molar-refractivity contribution in [1.82, 2.24) is 4.72 Å². The van der Waals surface area contributed by atoms with E-state index in [0.717, 1.165) is 12.8 Å². The van der Waals surface area contributed by atoms with Gasteiger partial charge in [-0.1, -0.05) is 26.7 Å². The molecule has 1 aliphatic carbocycles. The maximum Gasteiger partial charge on any atom is 0.211 e. The lowest BCUT2D eigenvalue weighted by Crippen LogP contribution is -2.44. The summed E-state index contributed by atoms with van der Waals surface area (Å²) in [6.45, 7) is 4.22. The Bertz CT molecular complexity index is 302. The van der Waals surface area contributed by atoms with Crippen molar-refractivity contribution in [3.8, 4) is 0 Å². The summed E-state index contributed by atoms with van der Waals surface area (Å²) in [4.78, 5) is 0. The highest BCUT2D eigenvalue weighted by Crippen LogP contribution is 2.29. The summed E-state index contributed by atoms with van der Waals surface area (Å²) in [6, 6.07) is 0.0763. The molecule has 1 aliphatic rings. The zero-order chi connectivity index (χ0) is 12.2. The van der Waals surface area contributed by atoms with Gasteiger partial charge in [-0.3, -0.25) is 0 Å². The molecular weight excluding hydrogens is 226 g/mol. The van der Waals surface area contributed by atoms with Crippen LogP contribution in [0.1, 0.15) is 39.5 Å². The zero-order valence-corrected chi connectivity index (χ0v) is 11.0. The summed E-state index contributed by atoms with van der Waals surface area (Å²) < 4.78 is 26.1. The predicted octanol–water partition coefficient (Wildman–Crippen LogP) is 1.11. The van der Waals surface area contributed by atoms with Crippen molar-refractivity contribution in [3.63, 3.8) is 0 Å². The fraction of sp³-hybridized carbons (Fsp3) is 1.00. The molecule has 0 aromatic carbocycles. The topological polar surface area (TPSA) is 66.4 Å². The third kappa shape index (κ3) is 4.03. The largest absolute Gasteiger partial charge is 0.396 e. The van der Waals surface area contributed by atoms with Gasteiger partial charge in [-0.15, -0.1) is 0 Å². The van der Waals surface area contributed by atoms with Gasteiger partial charge < -0.3 is 5.11 Å². The minimum atomic E-state index is -3.21. The fourth-order valence-electron chi connectivity index (χ4n) is 2.29. The van der Waals surface area contributed by atoms with Crippen LogP contribution in [0.25, 0.3) is 0 Å². The van der Waals surface area contributed by atoms with Crippen LogP contribution in [0.3, 0.4) is 0 Å². The summed E-state index contributed by atoms with van der Waals surface area (Å²) in [5, 5.41) is 8.64. The van der Waals surface area contributed by atoms with Gasteiger partial charge in [-0.25, -0.2) is 13.1 Å². The minimum Gasteiger partial charge on any atom is -0.396 e. The lowest BCUT2D eigenvalue weighted by atomic mass is 9.78. The van der Waals surface area contributed by atoms with Crippen molar-refractivity contribution in [2.45, 2.75) is 45.6 Å². The van der Waals surface area contributed by atoms with Crippen molar-refractivity contribution in [2.24, 2.45) is 11.8 Å². The smallest absolute Gasteiger partial charge is 0.211 e. The first kappa shape index (κ1) is 13.9. The van der Waals surface area contributed by atoms with Crippen LogP contribution in [-0.4, -0.2) is 31.9 Å². The first-order chi connectivity index (χ1) is 7.46. The van der Waals surface area contributed by atoms with Crippen molar-refractivity contribution >= 4 is 10.0 Å². The number of rotatable bonds is 5. The molecule has 0 radical (unpaired) electrons. The van der Waals surface area contributed by atoms with Crippen molar-refractivity contribution < 1.29 is 13.5 Å². The molecule has 1 rings (SSSR count). The highest BCUT2D eigenvalue weighted by molar-refractivity contribution is 7.89. The molecule has 3 unspecified atom stereocenters. The van der Waals surface area contributed by atoms with Crippen molar-refractivity contribution in [1.29, 1.82) is 0 Å². The number of nitrogens with one attached hydrogen (secondary N) is 1. The molecule has 1 fully saturated rings. The number of hydrogen-bond donors (Lipinski definition) is 2. The van der Waals surface area contributed by atoms with Crippen LogP contribution in [0.4, 0.5) is 0 Å². The molecule has 0 aliphatic heterocycles. The summed E-state index contributed by atoms with van der Waals surface area (Å²) in [7, 11) is -3.21. The van der Waals surface area contributed by atoms with Gasteiger partial charge >= 0.3 is 0 Å². The van der Waals surface area contributed by atoms with Gasteiger partial charge in [0.15, 0.2) is 0 Å². The monoisotopic (exact) mass is 249 g/mol. The van der Waals surface area contributed by atoms with E-state index in [-0.39, 0.29) is 18.4 Å². The Hall–Kier alpha value is -0.130. The molecule has 4 nitrogen and oxygen atoms in total. The first-order valence-electron chi connectivity index (χ1n) is 6.07. The van der Waals surface area contributed by atoms with Crippen molar-refractivity contribution in [3.05, 3.63) is 0 Å². The molecule has 0 aromatic heterocycles. The fourth-order valence-corrected chi connectivity index (χ4v) is 3.71. The third-order valence-corrected chi connectivity index (χ3v) is 5.10. The van der Waals surface area contributed by atoms with Crippen LogP contribution in [0.15, 0.2) is 0 Å². The molecule has 1 saturated carbocycles. The Morgan fingerprint density at radius 1 is 1.31 bits per heavy atom. The van der Waals surface area contributed by atoms with Crippen LogP contribution in [-0.2, 0) is 10.0 Å². The van der Waals surface area contributed by atoms with Gasteiger partial charge in [-0.2, -0.15) is 0 Å². The van der Waals surface area contributed by atoms with E-state index in [1.54, 1.807) is 0 Å². The summed E-state index contributed by atoms with van der Waals surface area (Å²) in [6.07, 6.45) is 3.53. The van der Waals surface area contributed by atoms with E-state index in [0.29, 0.717) is 18.3 Å². The second-order valence-electron chi connectivity index (χ2n) is 4.89. The van der Waals surface area contributed by atoms with Gasteiger partial charge in [0.2, 0.25) is 10.0 Å². The number of aliphatic hydroxyl groups excluding tert-OH is 1. The lowest BCUT2D eigenvalue weighted by molar-refractivity contribution is 0.226. The second kappa shape index (κ2) is 5.98. The molecule has 0 bridgehead atoms. The van der Waals surface area contributed by atoms with E-state index in [4.69, 9.17) is 5.11 Å². The quantitative estimate of drug-likeness (QED) is 0.767. The molecule has 5 heteroatoms. The molecule has 0 aromatic rings. The van der Waals surface area contributed by atoms with E-state index in [1.165, 1.54) is 6.42 Å². The number of aliphatic hydroxyl groups is 1. The first-order valence-corrected chi connectivity index (χ1v) is 7.72. The maximum atomic E-state index is 11.7. The van der Waals surface area contributed by atoms with E-state index in [2.05, 4.69) is 18.6 Å². The van der Waals surface area contributed by atoms with Gasteiger partial charge in [0.25, 0.3) is 0 Å². The normalized spacial score (nSPS) is 31.6. The molecule has 0 spiro atoms. The zero-order valence-electron chi connectivity index (χ0n) is 10.1. The van der Waals surface area contributed by atoms with Crippen LogP contribution < -0.4 is 4.72 Å². The van der Waals surface area contributed by atoms with E-state index in [1.807, 2.05) is 0 Å². The predicted molar refractivity (Wildman–Crippen MR) is 64.6 cm³/mol. The standard InChI is InChI=1S/C11H23NO3S/c1-9-5-3-6-11(10(9)2)12-16(14,15)8-4-7-13/h9-13H,3-8H2,1-2H3. The minimum absolute atomic E-state index is 0.0289. The Kier molecular flexibility index (Phi) is 5.21. The Morgan fingerprint density at radius 3 is 2.62 bits per heavy atom. The molecule has 3 atom stereocenters. The highest BCUT2D eigenvalue weighted by atomic mass is 32.2. The lowest BCUT2D eigenvalue weighted by Gasteiger charge is -2.34. The van der Waals surface area contributed by atoms with Gasteiger partial charge in [0.1, 0.15) is 0 Å². The van der Waals surface area contributed by atoms with Gasteiger partial charge in [0, 0.05) is 12.6 Å². The van der Waals surface area contributed by atoms with Crippen LogP contribution in [0, 0.1) is 11.8 Å². The third-order valence-electron chi connectivity index (χ3n) is 3.61. The van der Waals surface area contributed by atoms with Crippen LogP contribution in [0.5, 0.6) is 0 Å². The number of hydrogen-bond acceptors (Lipinski definition) is 3.